The summed E-state index contributed by atoms with van der Waals surface area (Å²) in [7, 11) is 0. The number of alkyl halides is 2. The Morgan fingerprint density at radius 1 is 1.06 bits per heavy atom. The Hall–Kier alpha value is -3.57. The molecule has 2 aromatic heterocycles. The number of anilines is 1. The predicted molar refractivity (Wildman–Crippen MR) is 113 cm³/mol. The van der Waals surface area contributed by atoms with Crippen molar-refractivity contribution in [2.75, 3.05) is 11.9 Å². The Bertz CT molecular complexity index is 1060. The number of nitrogens with one attached hydrogen (secondary N) is 2. The molecule has 1 aromatic carbocycles. The van der Waals surface area contributed by atoms with Crippen molar-refractivity contribution in [3.05, 3.63) is 78.2 Å². The van der Waals surface area contributed by atoms with Gasteiger partial charge in [-0.05, 0) is 54.1 Å². The van der Waals surface area contributed by atoms with Crippen LogP contribution in [0.25, 0.3) is 0 Å². The third-order valence-electron chi connectivity index (χ3n) is 4.03. The Balaban J connectivity index is 1.79. The van der Waals surface area contributed by atoms with Crippen LogP contribution in [0.15, 0.2) is 72.1 Å². The van der Waals surface area contributed by atoms with Gasteiger partial charge in [-0.3, -0.25) is 14.6 Å². The first-order valence-electron chi connectivity index (χ1n) is 9.24. The van der Waals surface area contributed by atoms with Crippen LogP contribution in [-0.4, -0.2) is 40.1 Å². The standard InChI is InChI=1S/C21H18F2N4O4S/c22-21(23)31-15-5-3-14(4-6-15)26-18(30)16-2-1-9-25-20(16)32-19(27-17(29)12-28)13-7-10-24-11-8-13/h1-11,19,21,28H,12H2,(H,26,30)(H,27,29). The van der Waals surface area contributed by atoms with E-state index in [1.165, 1.54) is 30.5 Å². The van der Waals surface area contributed by atoms with E-state index in [4.69, 9.17) is 5.11 Å². The number of carbonyl (C=O) groups is 2. The normalized spacial score (nSPS) is 11.6. The van der Waals surface area contributed by atoms with Crippen LogP contribution >= 0.6 is 11.8 Å². The van der Waals surface area contributed by atoms with Crippen molar-refractivity contribution >= 4 is 29.3 Å². The third kappa shape index (κ3) is 6.46. The number of hydrogen-bond acceptors (Lipinski definition) is 7. The molecule has 1 atom stereocenters. The van der Waals surface area contributed by atoms with Gasteiger partial charge in [0.15, 0.2) is 0 Å². The number of amides is 2. The number of aliphatic hydroxyl groups is 1. The van der Waals surface area contributed by atoms with Gasteiger partial charge in [-0.2, -0.15) is 8.78 Å². The highest BCUT2D eigenvalue weighted by atomic mass is 32.2. The molecule has 3 aromatic rings. The van der Waals surface area contributed by atoms with Crippen molar-refractivity contribution < 1.29 is 28.2 Å². The number of ether oxygens (including phenoxy) is 1. The highest BCUT2D eigenvalue weighted by Gasteiger charge is 2.21. The van der Waals surface area contributed by atoms with Gasteiger partial charge in [0.05, 0.1) is 5.56 Å². The molecule has 2 heterocycles. The minimum atomic E-state index is -2.94. The molecule has 0 spiro atoms. The Morgan fingerprint density at radius 2 is 1.78 bits per heavy atom. The Kier molecular flexibility index (Phi) is 8.06. The van der Waals surface area contributed by atoms with Crippen molar-refractivity contribution in [2.24, 2.45) is 0 Å². The molecular formula is C21H18F2N4O4S. The molecule has 3 rings (SSSR count). The summed E-state index contributed by atoms with van der Waals surface area (Å²) in [5.41, 5.74) is 1.30. The summed E-state index contributed by atoms with van der Waals surface area (Å²) in [5.74, 6) is -1.10. The fraction of sp³-hybridized carbons (Fsp3) is 0.143. The average molecular weight is 460 g/mol. The number of halogens is 2. The van der Waals surface area contributed by atoms with Gasteiger partial charge < -0.3 is 20.5 Å². The summed E-state index contributed by atoms with van der Waals surface area (Å²) in [6.45, 7) is -3.63. The van der Waals surface area contributed by atoms with Crippen LogP contribution in [0.5, 0.6) is 5.75 Å². The monoisotopic (exact) mass is 460 g/mol. The molecule has 1 unspecified atom stereocenters. The lowest BCUT2D eigenvalue weighted by atomic mass is 10.2. The molecule has 0 bridgehead atoms. The lowest BCUT2D eigenvalue weighted by Gasteiger charge is -2.19. The van der Waals surface area contributed by atoms with E-state index in [1.54, 1.807) is 36.7 Å². The van der Waals surface area contributed by atoms with Crippen molar-refractivity contribution in [3.8, 4) is 5.75 Å². The molecule has 0 aliphatic heterocycles. The van der Waals surface area contributed by atoms with Crippen LogP contribution in [0.1, 0.15) is 21.3 Å². The van der Waals surface area contributed by atoms with Gasteiger partial charge >= 0.3 is 6.61 Å². The SMILES string of the molecule is O=C(CO)NC(Sc1ncccc1C(=O)Nc1ccc(OC(F)F)cc1)c1ccncc1. The zero-order chi connectivity index (χ0) is 22.9. The Labute approximate surface area is 186 Å². The van der Waals surface area contributed by atoms with Crippen molar-refractivity contribution in [3.63, 3.8) is 0 Å². The minimum absolute atomic E-state index is 0.0320. The Morgan fingerprint density at radius 3 is 2.44 bits per heavy atom. The molecule has 0 radical (unpaired) electrons. The van der Waals surface area contributed by atoms with E-state index >= 15 is 0 Å². The summed E-state index contributed by atoms with van der Waals surface area (Å²) in [5, 5.41) is 14.1. The summed E-state index contributed by atoms with van der Waals surface area (Å²) in [6, 6.07) is 12.0. The second-order valence-electron chi connectivity index (χ2n) is 6.22. The smallest absolute Gasteiger partial charge is 0.387 e. The molecule has 0 saturated heterocycles. The third-order valence-corrected chi connectivity index (χ3v) is 5.20. The second kappa shape index (κ2) is 11.2. The van der Waals surface area contributed by atoms with Gasteiger partial charge in [0.2, 0.25) is 5.91 Å². The molecule has 3 N–H and O–H groups in total. The lowest BCUT2D eigenvalue weighted by Crippen LogP contribution is -2.29. The number of nitrogens with zero attached hydrogens (tertiary/aromatic N) is 2. The van der Waals surface area contributed by atoms with Crippen LogP contribution in [0, 0.1) is 0 Å². The van der Waals surface area contributed by atoms with Gasteiger partial charge in [-0.25, -0.2) is 4.98 Å². The van der Waals surface area contributed by atoms with E-state index in [9.17, 15) is 18.4 Å². The molecule has 0 aliphatic rings. The number of pyridine rings is 2. The minimum Gasteiger partial charge on any atom is -0.435 e. The lowest BCUT2D eigenvalue weighted by molar-refractivity contribution is -0.124. The van der Waals surface area contributed by atoms with Gasteiger partial charge in [-0.15, -0.1) is 0 Å². The fourth-order valence-electron chi connectivity index (χ4n) is 2.60. The number of thioether (sulfide) groups is 1. The maximum Gasteiger partial charge on any atom is 0.387 e. The van der Waals surface area contributed by atoms with E-state index in [-0.39, 0.29) is 11.3 Å². The van der Waals surface area contributed by atoms with Crippen LogP contribution in [0.2, 0.25) is 0 Å². The first kappa shape index (κ1) is 23.1. The number of hydrogen-bond donors (Lipinski definition) is 3. The first-order chi connectivity index (χ1) is 15.5. The molecule has 11 heteroatoms. The number of aromatic nitrogens is 2. The summed E-state index contributed by atoms with van der Waals surface area (Å²) in [6.07, 6.45) is 4.62. The quantitative estimate of drug-likeness (QED) is 0.332. The van der Waals surface area contributed by atoms with Gasteiger partial charge in [0.1, 0.15) is 22.8 Å². The largest absolute Gasteiger partial charge is 0.435 e. The number of benzene rings is 1. The van der Waals surface area contributed by atoms with Crippen molar-refractivity contribution in [2.45, 2.75) is 17.0 Å². The van der Waals surface area contributed by atoms with Crippen LogP contribution < -0.4 is 15.4 Å². The zero-order valence-corrected chi connectivity index (χ0v) is 17.3. The van der Waals surface area contributed by atoms with Crippen LogP contribution in [0.4, 0.5) is 14.5 Å². The molecule has 166 valence electrons. The summed E-state index contributed by atoms with van der Waals surface area (Å²) in [4.78, 5) is 32.8. The van der Waals surface area contributed by atoms with Crippen molar-refractivity contribution in [1.82, 2.24) is 15.3 Å². The maximum atomic E-state index is 12.8. The molecule has 8 nitrogen and oxygen atoms in total. The number of rotatable bonds is 9. The molecule has 0 saturated carbocycles. The van der Waals surface area contributed by atoms with Gasteiger partial charge in [0.25, 0.3) is 5.91 Å². The van der Waals surface area contributed by atoms with E-state index < -0.39 is 30.4 Å². The molecular weight excluding hydrogens is 442 g/mol. The first-order valence-corrected chi connectivity index (χ1v) is 10.1. The second-order valence-corrected chi connectivity index (χ2v) is 7.31. The highest BCUT2D eigenvalue weighted by Crippen LogP contribution is 2.34. The van der Waals surface area contributed by atoms with E-state index in [1.807, 2.05) is 0 Å². The molecule has 2 amide bonds. The molecule has 0 aliphatic carbocycles. The van der Waals surface area contributed by atoms with Crippen molar-refractivity contribution in [1.29, 1.82) is 0 Å². The van der Waals surface area contributed by atoms with Crippen LogP contribution in [0.3, 0.4) is 0 Å². The fourth-order valence-corrected chi connectivity index (χ4v) is 3.71. The highest BCUT2D eigenvalue weighted by molar-refractivity contribution is 7.99. The van der Waals surface area contributed by atoms with E-state index in [0.717, 1.165) is 11.8 Å². The van der Waals surface area contributed by atoms with Gasteiger partial charge in [-0.1, -0.05) is 11.8 Å². The van der Waals surface area contributed by atoms with Crippen LogP contribution in [-0.2, 0) is 4.79 Å². The average Bonchev–Trinajstić information content (AvgIpc) is 2.80. The van der Waals surface area contributed by atoms with E-state index in [0.29, 0.717) is 16.3 Å². The predicted octanol–water partition coefficient (Wildman–Crippen LogP) is 3.23. The van der Waals surface area contributed by atoms with E-state index in [2.05, 4.69) is 25.3 Å². The maximum absolute atomic E-state index is 12.8. The number of aliphatic hydroxyl groups excluding tert-OH is 1. The van der Waals surface area contributed by atoms with Gasteiger partial charge in [0, 0.05) is 24.3 Å². The zero-order valence-electron chi connectivity index (χ0n) is 16.4. The molecule has 0 fully saturated rings. The number of carbonyl (C=O) groups excluding carboxylic acids is 2. The summed E-state index contributed by atoms with van der Waals surface area (Å²) < 4.78 is 28.9. The summed E-state index contributed by atoms with van der Waals surface area (Å²) >= 11 is 1.11. The topological polar surface area (TPSA) is 113 Å². The molecule has 32 heavy (non-hydrogen) atoms.